The fourth-order valence-electron chi connectivity index (χ4n) is 2.38. The molecule has 2 rings (SSSR count). The molecule has 1 heterocycles. The lowest BCUT2D eigenvalue weighted by Crippen LogP contribution is -2.38. The molecule has 0 saturated heterocycles. The topological polar surface area (TPSA) is 41.5 Å². The SMILES string of the molecule is CCCC(F)C1=NC2(CCCC2)C(=O)N1. The minimum atomic E-state index is -1.10. The van der Waals surface area contributed by atoms with Gasteiger partial charge in [0.1, 0.15) is 11.4 Å². The first-order valence-electron chi connectivity index (χ1n) is 5.73. The first-order valence-corrected chi connectivity index (χ1v) is 5.73. The Labute approximate surface area is 89.1 Å². The van der Waals surface area contributed by atoms with Crippen LogP contribution in [0.4, 0.5) is 4.39 Å². The number of nitrogens with zero attached hydrogens (tertiary/aromatic N) is 1. The molecule has 1 aliphatic heterocycles. The Bertz CT molecular complexity index is 295. The van der Waals surface area contributed by atoms with Gasteiger partial charge in [0.15, 0.2) is 6.17 Å². The average molecular weight is 212 g/mol. The van der Waals surface area contributed by atoms with Crippen LogP contribution in [-0.4, -0.2) is 23.5 Å². The van der Waals surface area contributed by atoms with Crippen LogP contribution in [0.2, 0.25) is 0 Å². The van der Waals surface area contributed by atoms with E-state index in [0.29, 0.717) is 6.42 Å². The smallest absolute Gasteiger partial charge is 0.253 e. The molecule has 1 saturated carbocycles. The van der Waals surface area contributed by atoms with Gasteiger partial charge in [0, 0.05) is 0 Å². The van der Waals surface area contributed by atoms with Gasteiger partial charge in [-0.15, -0.1) is 0 Å². The average Bonchev–Trinajstić information content (AvgIpc) is 2.78. The molecule has 1 spiro atoms. The molecular formula is C11H17FN2O. The lowest BCUT2D eigenvalue weighted by molar-refractivity contribution is -0.123. The van der Waals surface area contributed by atoms with E-state index in [2.05, 4.69) is 10.3 Å². The van der Waals surface area contributed by atoms with Crippen LogP contribution in [0.1, 0.15) is 45.4 Å². The van der Waals surface area contributed by atoms with Crippen molar-refractivity contribution in [3.8, 4) is 0 Å². The van der Waals surface area contributed by atoms with E-state index in [1.54, 1.807) is 0 Å². The van der Waals surface area contributed by atoms with E-state index < -0.39 is 11.7 Å². The minimum absolute atomic E-state index is 0.0891. The number of carbonyl (C=O) groups is 1. The Morgan fingerprint density at radius 1 is 1.53 bits per heavy atom. The number of carbonyl (C=O) groups excluding carboxylic acids is 1. The molecule has 4 heteroatoms. The number of rotatable bonds is 3. The van der Waals surface area contributed by atoms with Gasteiger partial charge in [-0.3, -0.25) is 9.79 Å². The van der Waals surface area contributed by atoms with Gasteiger partial charge >= 0.3 is 0 Å². The van der Waals surface area contributed by atoms with E-state index in [4.69, 9.17) is 0 Å². The number of hydrogen-bond donors (Lipinski definition) is 1. The third-order valence-electron chi connectivity index (χ3n) is 3.27. The Balaban J connectivity index is 2.12. The second-order valence-electron chi connectivity index (χ2n) is 4.45. The highest BCUT2D eigenvalue weighted by molar-refractivity contribution is 6.10. The summed E-state index contributed by atoms with van der Waals surface area (Å²) in [5, 5.41) is 2.61. The molecule has 3 nitrogen and oxygen atoms in total. The van der Waals surface area contributed by atoms with Gasteiger partial charge in [-0.1, -0.05) is 26.2 Å². The van der Waals surface area contributed by atoms with Gasteiger partial charge in [-0.2, -0.15) is 0 Å². The molecular weight excluding hydrogens is 195 g/mol. The molecule has 0 aromatic rings. The zero-order chi connectivity index (χ0) is 10.9. The van der Waals surface area contributed by atoms with Crippen molar-refractivity contribution in [1.29, 1.82) is 0 Å². The van der Waals surface area contributed by atoms with Crippen LogP contribution < -0.4 is 5.32 Å². The van der Waals surface area contributed by atoms with Gasteiger partial charge in [0.2, 0.25) is 0 Å². The quantitative estimate of drug-likeness (QED) is 0.763. The van der Waals surface area contributed by atoms with Crippen molar-refractivity contribution in [2.24, 2.45) is 4.99 Å². The molecule has 1 unspecified atom stereocenters. The number of halogens is 1. The van der Waals surface area contributed by atoms with Crippen LogP contribution in [0.3, 0.4) is 0 Å². The van der Waals surface area contributed by atoms with E-state index in [-0.39, 0.29) is 11.7 Å². The van der Waals surface area contributed by atoms with E-state index in [0.717, 1.165) is 32.1 Å². The summed E-state index contributed by atoms with van der Waals surface area (Å²) in [5.41, 5.74) is -0.604. The van der Waals surface area contributed by atoms with Crippen molar-refractivity contribution in [3.05, 3.63) is 0 Å². The number of amides is 1. The second kappa shape index (κ2) is 3.91. The Morgan fingerprint density at radius 2 is 2.20 bits per heavy atom. The Morgan fingerprint density at radius 3 is 2.80 bits per heavy atom. The van der Waals surface area contributed by atoms with Crippen LogP contribution in [0, 0.1) is 0 Å². The molecule has 0 radical (unpaired) electrons. The van der Waals surface area contributed by atoms with Gasteiger partial charge in [0.25, 0.3) is 5.91 Å². The van der Waals surface area contributed by atoms with Crippen LogP contribution in [0.25, 0.3) is 0 Å². The van der Waals surface area contributed by atoms with Crippen molar-refractivity contribution in [2.45, 2.75) is 57.2 Å². The summed E-state index contributed by atoms with van der Waals surface area (Å²) >= 11 is 0. The fourth-order valence-corrected chi connectivity index (χ4v) is 2.38. The number of alkyl halides is 1. The summed E-state index contributed by atoms with van der Waals surface area (Å²) in [6.45, 7) is 1.93. The molecule has 1 N–H and O–H groups in total. The highest BCUT2D eigenvalue weighted by Gasteiger charge is 2.46. The van der Waals surface area contributed by atoms with Gasteiger partial charge in [-0.05, 0) is 19.3 Å². The summed E-state index contributed by atoms with van der Waals surface area (Å²) in [5.74, 6) is 0.178. The number of nitrogens with one attached hydrogen (secondary N) is 1. The molecule has 0 aromatic heterocycles. The third kappa shape index (κ3) is 1.77. The Kier molecular flexibility index (Phi) is 2.76. The highest BCUT2D eigenvalue weighted by atomic mass is 19.1. The standard InChI is InChI=1S/C11H17FN2O/c1-2-5-8(12)9-13-10(15)11(14-9)6-3-4-7-11/h8H,2-7H2,1H3,(H,13,14,15). The molecule has 1 amide bonds. The van der Waals surface area contributed by atoms with Crippen LogP contribution in [-0.2, 0) is 4.79 Å². The van der Waals surface area contributed by atoms with Crippen molar-refractivity contribution in [1.82, 2.24) is 5.32 Å². The summed E-state index contributed by atoms with van der Waals surface area (Å²) < 4.78 is 13.6. The van der Waals surface area contributed by atoms with Gasteiger partial charge in [0.05, 0.1) is 0 Å². The summed E-state index contributed by atoms with van der Waals surface area (Å²) in [4.78, 5) is 16.0. The van der Waals surface area contributed by atoms with Crippen LogP contribution in [0.5, 0.6) is 0 Å². The van der Waals surface area contributed by atoms with Crippen LogP contribution >= 0.6 is 0 Å². The number of aliphatic imine (C=N–C) groups is 1. The summed E-state index contributed by atoms with van der Waals surface area (Å²) in [6.07, 6.45) is 3.71. The van der Waals surface area contributed by atoms with E-state index >= 15 is 0 Å². The normalized spacial score (nSPS) is 25.5. The Hall–Kier alpha value is -0.930. The molecule has 1 fully saturated rings. The molecule has 1 aliphatic carbocycles. The van der Waals surface area contributed by atoms with Crippen molar-refractivity contribution < 1.29 is 9.18 Å². The number of hydrogen-bond acceptors (Lipinski definition) is 2. The maximum Gasteiger partial charge on any atom is 0.253 e. The summed E-state index contributed by atoms with van der Waals surface area (Å²) in [7, 11) is 0. The van der Waals surface area contributed by atoms with Crippen molar-refractivity contribution in [3.63, 3.8) is 0 Å². The number of amidine groups is 1. The molecule has 0 bridgehead atoms. The lowest BCUT2D eigenvalue weighted by atomic mass is 9.99. The van der Waals surface area contributed by atoms with Crippen molar-refractivity contribution >= 4 is 11.7 Å². The third-order valence-corrected chi connectivity index (χ3v) is 3.27. The first kappa shape index (κ1) is 10.6. The lowest BCUT2D eigenvalue weighted by Gasteiger charge is -2.14. The van der Waals surface area contributed by atoms with E-state index in [1.165, 1.54) is 0 Å². The van der Waals surface area contributed by atoms with E-state index in [9.17, 15) is 9.18 Å². The predicted octanol–water partition coefficient (Wildman–Crippen LogP) is 1.97. The molecule has 0 aromatic carbocycles. The molecule has 2 aliphatic rings. The molecule has 1 atom stereocenters. The predicted molar refractivity (Wildman–Crippen MR) is 56.6 cm³/mol. The molecule has 15 heavy (non-hydrogen) atoms. The zero-order valence-electron chi connectivity index (χ0n) is 9.05. The first-order chi connectivity index (χ1) is 7.18. The highest BCUT2D eigenvalue weighted by Crippen LogP contribution is 2.36. The zero-order valence-corrected chi connectivity index (χ0v) is 9.05. The van der Waals surface area contributed by atoms with E-state index in [1.807, 2.05) is 6.92 Å². The maximum absolute atomic E-state index is 13.6. The van der Waals surface area contributed by atoms with Gasteiger partial charge < -0.3 is 5.32 Å². The maximum atomic E-state index is 13.6. The monoisotopic (exact) mass is 212 g/mol. The molecule has 84 valence electrons. The summed E-state index contributed by atoms with van der Waals surface area (Å²) in [6, 6.07) is 0. The fraction of sp³-hybridized carbons (Fsp3) is 0.818. The van der Waals surface area contributed by atoms with Gasteiger partial charge in [-0.25, -0.2) is 4.39 Å². The minimum Gasteiger partial charge on any atom is -0.310 e. The van der Waals surface area contributed by atoms with Crippen LogP contribution in [0.15, 0.2) is 4.99 Å². The second-order valence-corrected chi connectivity index (χ2v) is 4.45. The van der Waals surface area contributed by atoms with Crippen molar-refractivity contribution in [2.75, 3.05) is 0 Å². The largest absolute Gasteiger partial charge is 0.310 e.